The minimum Gasteiger partial charge on any atom is -0.493 e. The minimum absolute atomic E-state index is 0.0267. The second-order valence-electron chi connectivity index (χ2n) is 4.60. The first-order chi connectivity index (χ1) is 8.69. The van der Waals surface area contributed by atoms with Crippen molar-refractivity contribution in [2.45, 2.75) is 13.8 Å². The van der Waals surface area contributed by atoms with Gasteiger partial charge in [0.15, 0.2) is 11.6 Å². The van der Waals surface area contributed by atoms with Crippen LogP contribution in [0.15, 0.2) is 18.2 Å². The van der Waals surface area contributed by atoms with Crippen LogP contribution in [0, 0.1) is 23.5 Å². The van der Waals surface area contributed by atoms with Gasteiger partial charge in [-0.25, -0.2) is 17.2 Å². The molecule has 0 radical (unpaired) electrons. The second kappa shape index (κ2) is 6.52. The molecule has 1 rings (SSSR count). The van der Waals surface area contributed by atoms with E-state index in [0.717, 1.165) is 12.1 Å². The van der Waals surface area contributed by atoms with Crippen LogP contribution in [0.3, 0.4) is 0 Å². The van der Waals surface area contributed by atoms with Gasteiger partial charge in [-0.3, -0.25) is 0 Å². The van der Waals surface area contributed by atoms with Crippen LogP contribution in [-0.2, 0) is 9.05 Å². The van der Waals surface area contributed by atoms with Gasteiger partial charge in [-0.2, -0.15) is 0 Å². The number of ether oxygens (including phenoxy) is 1. The van der Waals surface area contributed by atoms with E-state index in [2.05, 4.69) is 0 Å². The van der Waals surface area contributed by atoms with E-state index in [4.69, 9.17) is 15.4 Å². The lowest BCUT2D eigenvalue weighted by Gasteiger charge is -2.19. The van der Waals surface area contributed by atoms with Gasteiger partial charge < -0.3 is 4.74 Å². The quantitative estimate of drug-likeness (QED) is 0.758. The molecule has 0 aromatic heterocycles. The lowest BCUT2D eigenvalue weighted by Crippen LogP contribution is -2.24. The summed E-state index contributed by atoms with van der Waals surface area (Å²) in [4.78, 5) is 0. The van der Waals surface area contributed by atoms with Gasteiger partial charge in [0.1, 0.15) is 5.75 Å². The van der Waals surface area contributed by atoms with Crippen LogP contribution in [0.1, 0.15) is 13.8 Å². The van der Waals surface area contributed by atoms with Gasteiger partial charge in [0.25, 0.3) is 0 Å². The van der Waals surface area contributed by atoms with E-state index in [9.17, 15) is 17.2 Å². The largest absolute Gasteiger partial charge is 0.493 e. The predicted octanol–water partition coefficient (Wildman–Crippen LogP) is 3.18. The third-order valence-corrected chi connectivity index (χ3v) is 3.92. The molecule has 0 amide bonds. The first kappa shape index (κ1) is 16.2. The molecule has 0 aliphatic heterocycles. The maximum Gasteiger partial charge on any atom is 0.233 e. The Labute approximate surface area is 115 Å². The molecule has 1 aromatic carbocycles. The van der Waals surface area contributed by atoms with Crippen molar-refractivity contribution in [2.75, 3.05) is 12.4 Å². The Morgan fingerprint density at radius 2 is 1.89 bits per heavy atom. The summed E-state index contributed by atoms with van der Waals surface area (Å²) < 4.78 is 53.1. The number of rotatable bonds is 6. The average Bonchev–Trinajstić information content (AvgIpc) is 2.27. The lowest BCUT2D eigenvalue weighted by atomic mass is 9.99. The average molecular weight is 313 g/mol. The molecule has 0 spiro atoms. The van der Waals surface area contributed by atoms with Crippen molar-refractivity contribution in [2.24, 2.45) is 11.8 Å². The van der Waals surface area contributed by atoms with Crippen molar-refractivity contribution in [3.63, 3.8) is 0 Å². The number of halogens is 3. The summed E-state index contributed by atoms with van der Waals surface area (Å²) in [6.45, 7) is 3.73. The van der Waals surface area contributed by atoms with Crippen LogP contribution >= 0.6 is 10.7 Å². The molecule has 0 saturated heterocycles. The fraction of sp³-hybridized carbons (Fsp3) is 0.500. The summed E-state index contributed by atoms with van der Waals surface area (Å²) in [6.07, 6.45) is 0. The van der Waals surface area contributed by atoms with E-state index in [0.29, 0.717) is 0 Å². The van der Waals surface area contributed by atoms with Crippen LogP contribution in [0.2, 0.25) is 0 Å². The Balaban J connectivity index is 2.68. The van der Waals surface area contributed by atoms with Crippen LogP contribution < -0.4 is 4.74 Å². The highest BCUT2D eigenvalue weighted by Gasteiger charge is 2.21. The van der Waals surface area contributed by atoms with Crippen LogP contribution in [-0.4, -0.2) is 20.8 Å². The third-order valence-electron chi connectivity index (χ3n) is 2.71. The number of benzene rings is 1. The van der Waals surface area contributed by atoms with E-state index in [1.807, 2.05) is 13.8 Å². The van der Waals surface area contributed by atoms with E-state index in [1.54, 1.807) is 0 Å². The van der Waals surface area contributed by atoms with E-state index in [-0.39, 0.29) is 29.9 Å². The molecule has 0 fully saturated rings. The molecule has 108 valence electrons. The molecule has 0 heterocycles. The smallest absolute Gasteiger partial charge is 0.233 e. The first-order valence-corrected chi connectivity index (χ1v) is 8.17. The fourth-order valence-corrected chi connectivity index (χ4v) is 2.94. The molecule has 0 bridgehead atoms. The number of hydrogen-bond acceptors (Lipinski definition) is 3. The van der Waals surface area contributed by atoms with Crippen molar-refractivity contribution in [3.05, 3.63) is 29.8 Å². The molecule has 3 nitrogen and oxygen atoms in total. The Bertz CT molecular complexity index is 532. The highest BCUT2D eigenvalue weighted by atomic mass is 35.7. The third kappa shape index (κ3) is 5.74. The highest BCUT2D eigenvalue weighted by Crippen LogP contribution is 2.20. The second-order valence-corrected chi connectivity index (χ2v) is 7.42. The molecule has 0 saturated carbocycles. The highest BCUT2D eigenvalue weighted by molar-refractivity contribution is 8.13. The van der Waals surface area contributed by atoms with Gasteiger partial charge in [0, 0.05) is 22.7 Å². The maximum absolute atomic E-state index is 13.0. The molecule has 0 aliphatic carbocycles. The van der Waals surface area contributed by atoms with Crippen molar-refractivity contribution < 1.29 is 21.9 Å². The lowest BCUT2D eigenvalue weighted by molar-refractivity contribution is 0.224. The standard InChI is InChI=1S/C12H15ClF2O3S/c1-8(2)9(7-19(13,16)17)6-18-10-3-4-11(14)12(15)5-10/h3-5,8-9H,6-7H2,1-2H3. The topological polar surface area (TPSA) is 43.4 Å². The predicted molar refractivity (Wildman–Crippen MR) is 69.8 cm³/mol. The van der Waals surface area contributed by atoms with Gasteiger partial charge >= 0.3 is 0 Å². The Hall–Kier alpha value is -0.880. The van der Waals surface area contributed by atoms with Gasteiger partial charge in [-0.1, -0.05) is 13.8 Å². The molecule has 19 heavy (non-hydrogen) atoms. The minimum atomic E-state index is -3.63. The van der Waals surface area contributed by atoms with Crippen LogP contribution in [0.5, 0.6) is 5.75 Å². The molecule has 1 unspecified atom stereocenters. The van der Waals surface area contributed by atoms with Crippen LogP contribution in [0.4, 0.5) is 8.78 Å². The normalized spacial score (nSPS) is 13.6. The first-order valence-electron chi connectivity index (χ1n) is 5.69. The summed E-state index contributed by atoms with van der Waals surface area (Å²) in [6, 6.07) is 3.15. The van der Waals surface area contributed by atoms with E-state index in [1.165, 1.54) is 6.07 Å². The fourth-order valence-electron chi connectivity index (χ4n) is 1.46. The van der Waals surface area contributed by atoms with Gasteiger partial charge in [-0.05, 0) is 18.1 Å². The van der Waals surface area contributed by atoms with Crippen molar-refractivity contribution in [1.82, 2.24) is 0 Å². The van der Waals surface area contributed by atoms with Crippen LogP contribution in [0.25, 0.3) is 0 Å². The molecule has 1 aromatic rings. The zero-order chi connectivity index (χ0) is 14.6. The monoisotopic (exact) mass is 312 g/mol. The molecule has 0 N–H and O–H groups in total. The zero-order valence-electron chi connectivity index (χ0n) is 10.6. The molecule has 0 aliphatic rings. The molecular weight excluding hydrogens is 298 g/mol. The van der Waals surface area contributed by atoms with Crippen molar-refractivity contribution in [3.8, 4) is 5.75 Å². The Morgan fingerprint density at radius 1 is 1.26 bits per heavy atom. The summed E-state index contributed by atoms with van der Waals surface area (Å²) >= 11 is 0. The molecule has 7 heteroatoms. The van der Waals surface area contributed by atoms with Gasteiger partial charge in [0.05, 0.1) is 12.4 Å². The van der Waals surface area contributed by atoms with Crippen molar-refractivity contribution in [1.29, 1.82) is 0 Å². The van der Waals surface area contributed by atoms with E-state index < -0.39 is 20.7 Å². The SMILES string of the molecule is CC(C)C(COc1ccc(F)c(F)c1)CS(=O)(=O)Cl. The Morgan fingerprint density at radius 3 is 2.37 bits per heavy atom. The summed E-state index contributed by atoms with van der Waals surface area (Å²) in [5, 5.41) is 0. The summed E-state index contributed by atoms with van der Waals surface area (Å²) in [5.41, 5.74) is 0. The van der Waals surface area contributed by atoms with E-state index >= 15 is 0 Å². The molecule has 1 atom stereocenters. The summed E-state index contributed by atoms with van der Waals surface area (Å²) in [7, 11) is 1.58. The maximum atomic E-state index is 13.0. The van der Waals surface area contributed by atoms with Crippen molar-refractivity contribution >= 4 is 19.7 Å². The van der Waals surface area contributed by atoms with Gasteiger partial charge in [0.2, 0.25) is 9.05 Å². The summed E-state index contributed by atoms with van der Waals surface area (Å²) in [5.74, 6) is -2.35. The van der Waals surface area contributed by atoms with Gasteiger partial charge in [-0.15, -0.1) is 0 Å². The molecular formula is C12H15ClF2O3S. The Kier molecular flexibility index (Phi) is 5.55. The zero-order valence-corrected chi connectivity index (χ0v) is 12.1. The number of hydrogen-bond donors (Lipinski definition) is 0.